The van der Waals surface area contributed by atoms with Crippen LogP contribution in [0, 0.1) is 17.1 Å². The van der Waals surface area contributed by atoms with E-state index < -0.39 is 0 Å². The topological polar surface area (TPSA) is 50.0 Å². The number of methoxy groups -OCH3 is 1. The molecule has 0 atom stereocenters. The van der Waals surface area contributed by atoms with Gasteiger partial charge in [0.2, 0.25) is 0 Å². The monoisotopic (exact) mass is 287 g/mol. The van der Waals surface area contributed by atoms with Crippen molar-refractivity contribution < 1.29 is 9.13 Å². The number of hydrogen-bond donors (Lipinski definition) is 1. The molecule has 0 saturated carbocycles. The molecule has 5 heteroatoms. The van der Waals surface area contributed by atoms with Crippen LogP contribution in [0.4, 0.5) is 4.39 Å². The average Bonchev–Trinajstić information content (AvgIpc) is 2.91. The minimum atomic E-state index is -0.322. The Morgan fingerprint density at radius 3 is 3.00 bits per heavy atom. The van der Waals surface area contributed by atoms with E-state index in [-0.39, 0.29) is 5.82 Å². The molecule has 4 nitrogen and oxygen atoms in total. The van der Waals surface area contributed by atoms with E-state index in [9.17, 15) is 4.39 Å². The summed E-state index contributed by atoms with van der Waals surface area (Å²) in [6.07, 6.45) is 3.92. The Morgan fingerprint density at radius 2 is 2.24 bits per heavy atom. The quantitative estimate of drug-likeness (QED) is 0.795. The molecule has 1 aromatic heterocycles. The molecule has 1 heterocycles. The van der Waals surface area contributed by atoms with Crippen molar-refractivity contribution in [2.45, 2.75) is 13.1 Å². The largest absolute Gasteiger partial charge is 0.383 e. The molecule has 0 fully saturated rings. The second kappa shape index (κ2) is 7.58. The highest BCUT2D eigenvalue weighted by Crippen LogP contribution is 2.13. The van der Waals surface area contributed by atoms with E-state index in [2.05, 4.69) is 11.4 Å². The fraction of sp³-hybridized carbons (Fsp3) is 0.312. The van der Waals surface area contributed by atoms with Gasteiger partial charge in [0.15, 0.2) is 0 Å². The lowest BCUT2D eigenvalue weighted by molar-refractivity contribution is 0.199. The van der Waals surface area contributed by atoms with Crippen molar-refractivity contribution in [2.24, 2.45) is 0 Å². The van der Waals surface area contributed by atoms with Crippen LogP contribution in [0.2, 0.25) is 0 Å². The van der Waals surface area contributed by atoms with Crippen LogP contribution in [-0.4, -0.2) is 24.8 Å². The third kappa shape index (κ3) is 4.42. The summed E-state index contributed by atoms with van der Waals surface area (Å²) in [5, 5.41) is 12.3. The van der Waals surface area contributed by atoms with Crippen LogP contribution < -0.4 is 5.32 Å². The molecule has 0 amide bonds. The summed E-state index contributed by atoms with van der Waals surface area (Å²) in [7, 11) is 1.67. The molecule has 0 saturated heterocycles. The minimum Gasteiger partial charge on any atom is -0.383 e. The molecule has 0 spiro atoms. The third-order valence-electron chi connectivity index (χ3n) is 3.16. The van der Waals surface area contributed by atoms with Crippen molar-refractivity contribution in [3.63, 3.8) is 0 Å². The van der Waals surface area contributed by atoms with Crippen molar-refractivity contribution in [1.82, 2.24) is 9.88 Å². The molecule has 1 aromatic carbocycles. The summed E-state index contributed by atoms with van der Waals surface area (Å²) >= 11 is 0. The van der Waals surface area contributed by atoms with Crippen LogP contribution in [0.5, 0.6) is 0 Å². The molecule has 0 aliphatic rings. The molecule has 1 N–H and O–H groups in total. The molecule has 0 aliphatic carbocycles. The van der Waals surface area contributed by atoms with Crippen LogP contribution in [0.1, 0.15) is 16.7 Å². The van der Waals surface area contributed by atoms with Crippen LogP contribution in [-0.2, 0) is 17.8 Å². The van der Waals surface area contributed by atoms with E-state index in [4.69, 9.17) is 10.00 Å². The molecular formula is C16H18FN3O. The lowest BCUT2D eigenvalue weighted by Crippen LogP contribution is -2.18. The molecule has 0 bridgehead atoms. The van der Waals surface area contributed by atoms with Crippen molar-refractivity contribution in [3.8, 4) is 6.07 Å². The van der Waals surface area contributed by atoms with Crippen LogP contribution in [0.25, 0.3) is 0 Å². The van der Waals surface area contributed by atoms with Crippen LogP contribution in [0.3, 0.4) is 0 Å². The average molecular weight is 287 g/mol. The first-order valence-corrected chi connectivity index (χ1v) is 6.76. The Balaban J connectivity index is 1.99. The number of ether oxygens (including phenoxy) is 1. The SMILES string of the molecule is COCCNCc1ccn(Cc2cc(F)ccc2C#N)c1. The van der Waals surface area contributed by atoms with Gasteiger partial charge in [-0.15, -0.1) is 0 Å². The Morgan fingerprint density at radius 1 is 1.38 bits per heavy atom. The first kappa shape index (κ1) is 15.2. The molecule has 110 valence electrons. The number of aromatic nitrogens is 1. The number of nitrogens with one attached hydrogen (secondary N) is 1. The van der Waals surface area contributed by atoms with E-state index in [1.165, 1.54) is 18.2 Å². The maximum absolute atomic E-state index is 13.3. The van der Waals surface area contributed by atoms with Gasteiger partial charge in [0, 0.05) is 39.1 Å². The van der Waals surface area contributed by atoms with Gasteiger partial charge in [0.1, 0.15) is 5.82 Å². The van der Waals surface area contributed by atoms with Gasteiger partial charge >= 0.3 is 0 Å². The Labute approximate surface area is 123 Å². The van der Waals surface area contributed by atoms with Gasteiger partial charge in [0.25, 0.3) is 0 Å². The fourth-order valence-corrected chi connectivity index (χ4v) is 2.10. The molecule has 2 rings (SSSR count). The summed E-state index contributed by atoms with van der Waals surface area (Å²) in [4.78, 5) is 0. The van der Waals surface area contributed by atoms with Gasteiger partial charge in [-0.1, -0.05) is 0 Å². The first-order chi connectivity index (χ1) is 10.2. The standard InChI is InChI=1S/C16H18FN3O/c1-21-7-5-19-10-13-4-6-20(11-13)12-15-8-16(17)3-2-14(15)9-18/h2-4,6,8,11,19H,5,7,10,12H2,1H3. The van der Waals surface area contributed by atoms with Crippen molar-refractivity contribution in [3.05, 3.63) is 59.2 Å². The molecule has 0 radical (unpaired) electrons. The predicted molar refractivity (Wildman–Crippen MR) is 78.2 cm³/mol. The minimum absolute atomic E-state index is 0.322. The van der Waals surface area contributed by atoms with Gasteiger partial charge in [-0.05, 0) is 35.4 Å². The lowest BCUT2D eigenvalue weighted by Gasteiger charge is -2.06. The highest BCUT2D eigenvalue weighted by atomic mass is 19.1. The summed E-state index contributed by atoms with van der Waals surface area (Å²) in [6, 6.07) is 8.33. The smallest absolute Gasteiger partial charge is 0.123 e. The van der Waals surface area contributed by atoms with Crippen LogP contribution in [0.15, 0.2) is 36.7 Å². The number of benzene rings is 1. The van der Waals surface area contributed by atoms with E-state index >= 15 is 0 Å². The van der Waals surface area contributed by atoms with Crippen LogP contribution >= 0.6 is 0 Å². The summed E-state index contributed by atoms with van der Waals surface area (Å²) in [5.74, 6) is -0.322. The second-order valence-corrected chi connectivity index (χ2v) is 4.77. The normalized spacial score (nSPS) is 10.5. The highest BCUT2D eigenvalue weighted by molar-refractivity contribution is 5.38. The number of halogens is 1. The Kier molecular flexibility index (Phi) is 5.50. The summed E-state index contributed by atoms with van der Waals surface area (Å²) < 4.78 is 20.2. The van der Waals surface area contributed by atoms with Gasteiger partial charge < -0.3 is 14.6 Å². The summed E-state index contributed by atoms with van der Waals surface area (Å²) in [5.41, 5.74) is 2.33. The second-order valence-electron chi connectivity index (χ2n) is 4.77. The molecule has 2 aromatic rings. The Hall–Kier alpha value is -2.16. The summed E-state index contributed by atoms with van der Waals surface area (Å²) in [6.45, 7) is 2.71. The van der Waals surface area contributed by atoms with Crippen molar-refractivity contribution in [1.29, 1.82) is 5.26 Å². The zero-order chi connectivity index (χ0) is 15.1. The number of nitrogens with zero attached hydrogens (tertiary/aromatic N) is 2. The maximum Gasteiger partial charge on any atom is 0.123 e. The maximum atomic E-state index is 13.3. The van der Waals surface area contributed by atoms with Gasteiger partial charge in [-0.3, -0.25) is 0 Å². The van der Waals surface area contributed by atoms with E-state index in [1.807, 2.05) is 23.0 Å². The van der Waals surface area contributed by atoms with E-state index in [0.29, 0.717) is 24.3 Å². The van der Waals surface area contributed by atoms with E-state index in [1.54, 1.807) is 7.11 Å². The van der Waals surface area contributed by atoms with Gasteiger partial charge in [0.05, 0.1) is 18.2 Å². The number of rotatable bonds is 7. The highest BCUT2D eigenvalue weighted by Gasteiger charge is 2.05. The first-order valence-electron chi connectivity index (χ1n) is 6.76. The molecule has 0 unspecified atom stereocenters. The zero-order valence-electron chi connectivity index (χ0n) is 12.0. The third-order valence-corrected chi connectivity index (χ3v) is 3.16. The van der Waals surface area contributed by atoms with Crippen molar-refractivity contribution >= 4 is 0 Å². The zero-order valence-corrected chi connectivity index (χ0v) is 12.0. The fourth-order valence-electron chi connectivity index (χ4n) is 2.10. The van der Waals surface area contributed by atoms with E-state index in [0.717, 1.165) is 18.7 Å². The van der Waals surface area contributed by atoms with Gasteiger partial charge in [-0.25, -0.2) is 4.39 Å². The Bertz CT molecular complexity index is 631. The number of nitriles is 1. The predicted octanol–water partition coefficient (Wildman–Crippen LogP) is 2.28. The van der Waals surface area contributed by atoms with Gasteiger partial charge in [-0.2, -0.15) is 5.26 Å². The molecule has 0 aliphatic heterocycles. The number of hydrogen-bond acceptors (Lipinski definition) is 3. The molecular weight excluding hydrogens is 269 g/mol. The van der Waals surface area contributed by atoms with Crippen molar-refractivity contribution in [2.75, 3.05) is 20.3 Å². The molecule has 21 heavy (non-hydrogen) atoms. The lowest BCUT2D eigenvalue weighted by atomic mass is 10.1.